The third-order valence-corrected chi connectivity index (χ3v) is 32.4. The molecule has 7 nitrogen and oxygen atoms in total. The van der Waals surface area contributed by atoms with Crippen molar-refractivity contribution >= 4 is 206 Å². The van der Waals surface area contributed by atoms with Crippen molar-refractivity contribution in [1.29, 1.82) is 1.34 Å². The molecule has 123 heavy (non-hydrogen) atoms. The maximum absolute atomic E-state index is 10.4. The van der Waals surface area contributed by atoms with Crippen molar-refractivity contribution < 1.29 is 106 Å². The van der Waals surface area contributed by atoms with Crippen LogP contribution in [0.4, 0.5) is 0 Å². The molecule has 2 N–H and O–H groups in total. The average Bonchev–Trinajstić information content (AvgIpc) is 1.61. The standard InChI is InChI=1S/C23H16O.C22H14O2.C17H11BrO.C17H12O.C16H10O2.C9H21ClSi.6CH4.BH.Cs.FH/c1-15-11-12-19(16-7-3-2-4-8-16)23-22(15)20-13-17-9-5-6-10-18(17)14-21(20)24-23;23-19-11-10-17(14-6-2-1-3-7-14)22-21(19)18-12-15-8-4-5-9-16(15)13-20(18)24-22;1-10-6-7-14(18)17-16(10)13-8-11-4-2-3-5-12(11)9-15(13)19-17;1-11-5-4-8-15-17(11)14-9-12-6-2-3-7-13(12)10-16(14)18-15;17-13-6-3-7-14-16(13)12-8-10-4-1-2-5-11(10)9-15(12)18-14;1-7(2)11(10,8(3)4)9(5)6;;;;;;;;;/h2-14H,1H3;1-13,23H;2-9H,1H3;2-10H,1H3;1-9,17H;7-9H,1-6H3;6*1H4;1H;;1H/q;;;;;;;;;;;;;+1;/p-1/i;;;;;;;;;;;;1D;;. The molecular formula is C110H109BBrClCsFO7Si. The van der Waals surface area contributed by atoms with E-state index in [1.807, 2.05) is 91.0 Å². The monoisotopic (exact) mass is 1850 g/mol. The van der Waals surface area contributed by atoms with Crippen molar-refractivity contribution in [3.63, 3.8) is 0 Å². The fraction of sp³-hybridized carbons (Fsp3) is 0.164. The molecule has 22 rings (SSSR count). The van der Waals surface area contributed by atoms with Crippen LogP contribution in [0.5, 0.6) is 11.5 Å². The van der Waals surface area contributed by atoms with Gasteiger partial charge in [0.1, 0.15) is 67.3 Å². The molecule has 0 amide bonds. The number of aromatic hydroxyl groups is 2. The third kappa shape index (κ3) is 19.0. The van der Waals surface area contributed by atoms with Crippen LogP contribution in [0.3, 0.4) is 0 Å². The summed E-state index contributed by atoms with van der Waals surface area (Å²) in [4.78, 5) is 0. The van der Waals surface area contributed by atoms with E-state index < -0.39 is 7.38 Å². The number of rotatable bonds is 5. The molecule has 0 aliphatic heterocycles. The average molecular weight is 1850 g/mol. The number of phenols is 2. The summed E-state index contributed by atoms with van der Waals surface area (Å²) in [5.41, 5.74) is 19.0. The molecule has 0 saturated carbocycles. The van der Waals surface area contributed by atoms with Crippen molar-refractivity contribution in [2.75, 3.05) is 0 Å². The molecule has 22 aromatic rings. The molecule has 2 radical (unpaired) electrons. The van der Waals surface area contributed by atoms with Gasteiger partial charge in [-0.05, 0) is 233 Å². The molecule has 17 aromatic carbocycles. The summed E-state index contributed by atoms with van der Waals surface area (Å²) < 4.78 is 36.5. The first-order chi connectivity index (χ1) is 56.3. The van der Waals surface area contributed by atoms with Gasteiger partial charge in [-0.25, -0.2) is 0 Å². The van der Waals surface area contributed by atoms with E-state index in [2.05, 4.69) is 293 Å². The van der Waals surface area contributed by atoms with Crippen LogP contribution >= 0.6 is 27.0 Å². The van der Waals surface area contributed by atoms with Crippen LogP contribution in [0.25, 0.3) is 186 Å². The second-order valence-electron chi connectivity index (χ2n) is 30.6. The summed E-state index contributed by atoms with van der Waals surface area (Å²) in [5.74, 6) is 0.514. The molecule has 5 aromatic heterocycles. The summed E-state index contributed by atoms with van der Waals surface area (Å²) in [7, 11) is 2.24. The molecule has 0 unspecified atom stereocenters. The minimum absolute atomic E-state index is 0. The predicted molar refractivity (Wildman–Crippen MR) is 537 cm³/mol. The Morgan fingerprint density at radius 1 is 0.293 bits per heavy atom. The Bertz CT molecular complexity index is 7050. The van der Waals surface area contributed by atoms with Gasteiger partial charge in [0.05, 0.1) is 15.2 Å². The minimum atomic E-state index is -1.51. The van der Waals surface area contributed by atoms with E-state index in [0.717, 1.165) is 120 Å². The zero-order valence-electron chi connectivity index (χ0n) is 67.9. The summed E-state index contributed by atoms with van der Waals surface area (Å²) in [5, 5.41) is 43.1. The number of hydrogen-bond acceptors (Lipinski definition) is 7. The van der Waals surface area contributed by atoms with E-state index in [0.29, 0.717) is 16.6 Å². The quantitative estimate of drug-likeness (QED) is 0.131. The second kappa shape index (κ2) is 41.4. The van der Waals surface area contributed by atoms with E-state index in [1.165, 1.54) is 86.9 Å². The number of aryl methyl sites for hydroxylation is 3. The molecule has 0 saturated heterocycles. The Morgan fingerprint density at radius 2 is 0.561 bits per heavy atom. The molecular weight excluding hydrogens is 1740 g/mol. The van der Waals surface area contributed by atoms with Crippen LogP contribution in [-0.2, 0) is 0 Å². The third-order valence-electron chi connectivity index (χ3n) is 22.5. The largest absolute Gasteiger partial charge is 1.00 e. The molecule has 13 heteroatoms. The number of hydrogen-bond donors (Lipinski definition) is 2. The van der Waals surface area contributed by atoms with Crippen molar-refractivity contribution in [3.05, 3.63) is 337 Å². The van der Waals surface area contributed by atoms with Crippen LogP contribution in [-0.4, -0.2) is 27.3 Å². The van der Waals surface area contributed by atoms with Crippen LogP contribution in [0.1, 0.15) is 103 Å². The van der Waals surface area contributed by atoms with E-state index in [-0.39, 0.29) is 130 Å². The molecule has 0 spiro atoms. The van der Waals surface area contributed by atoms with Gasteiger partial charge in [-0.1, -0.05) is 304 Å². The van der Waals surface area contributed by atoms with Gasteiger partial charge in [-0.2, -0.15) is 11.1 Å². The van der Waals surface area contributed by atoms with Gasteiger partial charge in [0.2, 0.25) is 0 Å². The van der Waals surface area contributed by atoms with Gasteiger partial charge >= 0.3 is 68.9 Å². The minimum Gasteiger partial charge on any atom is -1.00 e. The Morgan fingerprint density at radius 3 is 0.935 bits per heavy atom. The maximum Gasteiger partial charge on any atom is 1.00 e. The van der Waals surface area contributed by atoms with Gasteiger partial charge in [-0.15, -0.1) is 0 Å². The van der Waals surface area contributed by atoms with Gasteiger partial charge in [0, 0.05) is 62.6 Å². The molecule has 5 heterocycles. The van der Waals surface area contributed by atoms with E-state index in [1.54, 1.807) is 18.2 Å². The number of furan rings is 5. The fourth-order valence-electron chi connectivity index (χ4n) is 16.8. The van der Waals surface area contributed by atoms with Gasteiger partial charge < -0.3 is 37.0 Å². The maximum atomic E-state index is 10.4. The van der Waals surface area contributed by atoms with Crippen molar-refractivity contribution in [2.24, 2.45) is 0 Å². The molecule has 0 atom stereocenters. The number of benzene rings is 17. The molecule has 0 fully saturated rings. The smallest absolute Gasteiger partial charge is 1.00 e. The number of phenolic OH excluding ortho intramolecular Hbond substituents is 2. The van der Waals surface area contributed by atoms with Crippen LogP contribution < -0.4 is 73.6 Å². The van der Waals surface area contributed by atoms with Crippen molar-refractivity contribution in [1.82, 2.24) is 0 Å². The Kier molecular flexibility index (Phi) is 32.5. The van der Waals surface area contributed by atoms with Crippen LogP contribution in [0, 0.1) is 20.8 Å². The summed E-state index contributed by atoms with van der Waals surface area (Å²) in [6, 6.07) is 107. The Balaban J connectivity index is 0.000000184. The van der Waals surface area contributed by atoms with Crippen LogP contribution in [0.2, 0.25) is 16.6 Å². The van der Waals surface area contributed by atoms with Gasteiger partial charge in [0.25, 0.3) is 0 Å². The summed E-state index contributed by atoms with van der Waals surface area (Å²) in [6.07, 6.45) is 0. The van der Waals surface area contributed by atoms with E-state index >= 15 is 0 Å². The van der Waals surface area contributed by atoms with Gasteiger partial charge in [-0.3, -0.25) is 0 Å². The molecule has 620 valence electrons. The fourth-order valence-corrected chi connectivity index (χ4v) is 21.3. The Hall–Kier alpha value is -10.3. The summed E-state index contributed by atoms with van der Waals surface area (Å²) in [6.45, 7) is 20.0. The normalized spacial score (nSPS) is 11.0. The SMILES string of the molecule is C.C.C.C.C.C.CC(C)[Si](Cl)(C(C)C)C(C)C.Cc1ccc(-c2ccccc2)c2oc3cc4ccccc4cc3c12.Cc1ccc(Br)c2oc3cc4ccccc4cc3c12.Cc1cccc2oc3cc4ccccc4cc3c12.Oc1ccc(-c2ccccc2)c2oc3cc4ccccc4cc3c12.Oc1cccc2oc3cc4ccccc4cc3c12.[2H][B].[Cs+].[F-]. The first kappa shape index (κ1) is 96.5. The van der Waals surface area contributed by atoms with E-state index in [4.69, 9.17) is 34.5 Å². The van der Waals surface area contributed by atoms with E-state index in [9.17, 15) is 10.2 Å². The molecule has 0 aliphatic rings. The first-order valence-corrected chi connectivity index (χ1v) is 42.9. The number of fused-ring (bicyclic) bond motifs is 20. The molecule has 0 bridgehead atoms. The van der Waals surface area contributed by atoms with Crippen molar-refractivity contribution in [2.45, 2.75) is 123 Å². The van der Waals surface area contributed by atoms with Crippen LogP contribution in [0.15, 0.2) is 342 Å². The Labute approximate surface area is 798 Å². The number of halogens is 3. The zero-order valence-corrected chi connectivity index (χ0v) is 76.5. The predicted octanol–water partition coefficient (Wildman–Crippen LogP) is 29.7. The summed E-state index contributed by atoms with van der Waals surface area (Å²) >= 11 is 10.3. The topological polar surface area (TPSA) is 106 Å². The molecule has 0 aliphatic carbocycles. The van der Waals surface area contributed by atoms with Crippen molar-refractivity contribution in [3.8, 4) is 33.8 Å². The first-order valence-electron chi connectivity index (χ1n) is 39.5. The second-order valence-corrected chi connectivity index (χ2v) is 38.6. The zero-order chi connectivity index (χ0) is 80.6. The van der Waals surface area contributed by atoms with Gasteiger partial charge in [0.15, 0.2) is 7.38 Å².